The first-order chi connectivity index (χ1) is 9.93. The number of anilines is 1. The Morgan fingerprint density at radius 3 is 2.62 bits per heavy atom. The zero-order chi connectivity index (χ0) is 15.5. The minimum absolute atomic E-state index is 0.490. The Bertz CT molecular complexity index is 502. The first kappa shape index (κ1) is 16.6. The van der Waals surface area contributed by atoms with Gasteiger partial charge in [0.1, 0.15) is 4.99 Å². The Hall–Kier alpha value is -0.740. The monoisotopic (exact) mass is 322 g/mol. The molecule has 2 rings (SSSR count). The van der Waals surface area contributed by atoms with E-state index in [1.54, 1.807) is 11.8 Å². The number of thioether (sulfide) groups is 1. The van der Waals surface area contributed by atoms with Gasteiger partial charge < -0.3 is 11.1 Å². The number of benzene rings is 1. The second-order valence-corrected chi connectivity index (χ2v) is 8.30. The summed E-state index contributed by atoms with van der Waals surface area (Å²) >= 11 is 7.08. The molecule has 1 aliphatic rings. The summed E-state index contributed by atoms with van der Waals surface area (Å²) < 4.78 is 0. The van der Waals surface area contributed by atoms with E-state index in [1.165, 1.54) is 30.6 Å². The third kappa shape index (κ3) is 4.36. The van der Waals surface area contributed by atoms with E-state index in [-0.39, 0.29) is 0 Å². The summed E-state index contributed by atoms with van der Waals surface area (Å²) in [7, 11) is 0. The maximum absolute atomic E-state index is 5.97. The molecule has 0 heterocycles. The van der Waals surface area contributed by atoms with Crippen molar-refractivity contribution in [2.75, 3.05) is 11.1 Å². The highest BCUT2D eigenvalue weighted by atomic mass is 32.2. The van der Waals surface area contributed by atoms with Crippen molar-refractivity contribution >= 4 is 34.7 Å². The van der Waals surface area contributed by atoms with E-state index < -0.39 is 0 Å². The first-order valence-electron chi connectivity index (χ1n) is 7.75. The van der Waals surface area contributed by atoms with Crippen LogP contribution in [0.4, 0.5) is 5.69 Å². The lowest BCUT2D eigenvalue weighted by atomic mass is 9.75. The summed E-state index contributed by atoms with van der Waals surface area (Å²) in [5.41, 5.74) is 8.58. The van der Waals surface area contributed by atoms with Crippen molar-refractivity contribution in [3.05, 3.63) is 23.8 Å². The van der Waals surface area contributed by atoms with Gasteiger partial charge in [-0.2, -0.15) is 0 Å². The maximum Gasteiger partial charge on any atom is 0.107 e. The molecule has 0 aromatic heterocycles. The molecule has 2 nitrogen and oxygen atoms in total. The Morgan fingerprint density at radius 1 is 1.38 bits per heavy atom. The molecule has 1 saturated carbocycles. The Kier molecular flexibility index (Phi) is 5.55. The van der Waals surface area contributed by atoms with Crippen LogP contribution in [0.3, 0.4) is 0 Å². The summed E-state index contributed by atoms with van der Waals surface area (Å²) in [4.78, 5) is 1.68. The molecule has 0 radical (unpaired) electrons. The lowest BCUT2D eigenvalue weighted by Crippen LogP contribution is -2.30. The average molecular weight is 323 g/mol. The van der Waals surface area contributed by atoms with Crippen LogP contribution >= 0.6 is 24.0 Å². The van der Waals surface area contributed by atoms with Gasteiger partial charge in [0.2, 0.25) is 0 Å². The van der Waals surface area contributed by atoms with Gasteiger partial charge in [-0.05, 0) is 49.0 Å². The van der Waals surface area contributed by atoms with E-state index in [2.05, 4.69) is 44.3 Å². The number of nitrogens with one attached hydrogen (secondary N) is 1. The first-order valence-corrected chi connectivity index (χ1v) is 9.14. The van der Waals surface area contributed by atoms with Crippen molar-refractivity contribution in [3.8, 4) is 0 Å². The van der Waals surface area contributed by atoms with Crippen LogP contribution in [-0.2, 0) is 0 Å². The highest BCUT2D eigenvalue weighted by Crippen LogP contribution is 2.37. The van der Waals surface area contributed by atoms with E-state index in [0.717, 1.165) is 17.0 Å². The van der Waals surface area contributed by atoms with Crippen LogP contribution < -0.4 is 11.1 Å². The minimum Gasteiger partial charge on any atom is -0.389 e. The molecule has 1 aromatic rings. The molecule has 1 aliphatic carbocycles. The summed E-state index contributed by atoms with van der Waals surface area (Å²) in [5, 5.41) is 3.69. The molecule has 0 atom stereocenters. The van der Waals surface area contributed by atoms with Gasteiger partial charge >= 0.3 is 0 Å². The van der Waals surface area contributed by atoms with Crippen LogP contribution in [0.1, 0.15) is 52.0 Å². The van der Waals surface area contributed by atoms with Gasteiger partial charge in [-0.1, -0.05) is 39.1 Å². The van der Waals surface area contributed by atoms with Gasteiger partial charge in [0.15, 0.2) is 0 Å². The standard InChI is InChI=1S/C17H26N2S2/c1-4-21-14-7-5-6-13(15(14)16(18)20)19-12-8-10-17(2,3)11-9-12/h5-7,12,19H,4,8-11H2,1-3H3,(H2,18,20). The van der Waals surface area contributed by atoms with E-state index >= 15 is 0 Å². The van der Waals surface area contributed by atoms with Crippen molar-refractivity contribution in [3.63, 3.8) is 0 Å². The van der Waals surface area contributed by atoms with Crippen molar-refractivity contribution in [1.29, 1.82) is 0 Å². The normalized spacial score (nSPS) is 18.4. The van der Waals surface area contributed by atoms with Crippen LogP contribution in [0, 0.1) is 5.41 Å². The number of thiocarbonyl (C=S) groups is 1. The molecule has 116 valence electrons. The average Bonchev–Trinajstić information content (AvgIpc) is 2.41. The predicted molar refractivity (Wildman–Crippen MR) is 98.4 cm³/mol. The predicted octanol–water partition coefficient (Wildman–Crippen LogP) is 4.81. The second kappa shape index (κ2) is 7.01. The van der Waals surface area contributed by atoms with Gasteiger partial charge in [0, 0.05) is 22.2 Å². The maximum atomic E-state index is 5.97. The van der Waals surface area contributed by atoms with Gasteiger partial charge in [-0.15, -0.1) is 11.8 Å². The van der Waals surface area contributed by atoms with Gasteiger partial charge in [-0.25, -0.2) is 0 Å². The quantitative estimate of drug-likeness (QED) is 0.602. The highest BCUT2D eigenvalue weighted by molar-refractivity contribution is 7.99. The van der Waals surface area contributed by atoms with Gasteiger partial charge in [0.05, 0.1) is 0 Å². The molecule has 3 N–H and O–H groups in total. The third-order valence-corrected chi connectivity index (χ3v) is 5.42. The number of rotatable bonds is 5. The molecule has 1 aromatic carbocycles. The van der Waals surface area contributed by atoms with Gasteiger partial charge in [0.25, 0.3) is 0 Å². The third-order valence-electron chi connectivity index (χ3n) is 4.27. The highest BCUT2D eigenvalue weighted by Gasteiger charge is 2.27. The number of nitrogens with two attached hydrogens (primary N) is 1. The van der Waals surface area contributed by atoms with Crippen LogP contribution in [-0.4, -0.2) is 16.8 Å². The fourth-order valence-corrected chi connectivity index (χ4v) is 4.08. The zero-order valence-corrected chi connectivity index (χ0v) is 14.9. The molecule has 21 heavy (non-hydrogen) atoms. The largest absolute Gasteiger partial charge is 0.389 e. The Morgan fingerprint density at radius 2 is 2.05 bits per heavy atom. The van der Waals surface area contributed by atoms with Crippen LogP contribution in [0.5, 0.6) is 0 Å². The smallest absolute Gasteiger partial charge is 0.107 e. The van der Waals surface area contributed by atoms with E-state index in [4.69, 9.17) is 18.0 Å². The van der Waals surface area contributed by atoms with Crippen molar-refractivity contribution in [1.82, 2.24) is 0 Å². The van der Waals surface area contributed by atoms with E-state index in [9.17, 15) is 0 Å². The Labute approximate surface area is 138 Å². The molecule has 4 heteroatoms. The van der Waals surface area contributed by atoms with E-state index in [1.807, 2.05) is 0 Å². The molecule has 0 amide bonds. The number of hydrogen-bond donors (Lipinski definition) is 2. The zero-order valence-electron chi connectivity index (χ0n) is 13.2. The summed E-state index contributed by atoms with van der Waals surface area (Å²) in [6.45, 7) is 6.88. The van der Waals surface area contributed by atoms with Crippen LogP contribution in [0.25, 0.3) is 0 Å². The van der Waals surface area contributed by atoms with E-state index in [0.29, 0.717) is 16.4 Å². The SMILES string of the molecule is CCSc1cccc(NC2CCC(C)(C)CC2)c1C(N)=S. The topological polar surface area (TPSA) is 38.0 Å². The fourth-order valence-electron chi connectivity index (χ4n) is 2.94. The lowest BCUT2D eigenvalue weighted by Gasteiger charge is -2.35. The van der Waals surface area contributed by atoms with Gasteiger partial charge in [-0.3, -0.25) is 0 Å². The molecule has 0 unspecified atom stereocenters. The summed E-state index contributed by atoms with van der Waals surface area (Å²) in [6, 6.07) is 6.84. The van der Waals surface area contributed by atoms with Crippen molar-refractivity contribution in [2.24, 2.45) is 11.1 Å². The Balaban J connectivity index is 2.16. The fraction of sp³-hybridized carbons (Fsp3) is 0.588. The summed E-state index contributed by atoms with van der Waals surface area (Å²) in [6.07, 6.45) is 4.98. The molecule has 1 fully saturated rings. The molecule has 0 saturated heterocycles. The molecule has 0 spiro atoms. The van der Waals surface area contributed by atoms with Crippen LogP contribution in [0.15, 0.2) is 23.1 Å². The molecule has 0 aliphatic heterocycles. The second-order valence-electron chi connectivity index (χ2n) is 6.56. The molecular formula is C17H26N2S2. The minimum atomic E-state index is 0.490. The summed E-state index contributed by atoms with van der Waals surface area (Å²) in [5.74, 6) is 1.02. The molecule has 0 bridgehead atoms. The van der Waals surface area contributed by atoms with Crippen molar-refractivity contribution < 1.29 is 0 Å². The lowest BCUT2D eigenvalue weighted by molar-refractivity contribution is 0.232. The molecular weight excluding hydrogens is 296 g/mol. The number of hydrogen-bond acceptors (Lipinski definition) is 3. The van der Waals surface area contributed by atoms with Crippen LogP contribution in [0.2, 0.25) is 0 Å². The van der Waals surface area contributed by atoms with Crippen molar-refractivity contribution in [2.45, 2.75) is 57.4 Å².